The quantitative estimate of drug-likeness (QED) is 0.746. The van der Waals surface area contributed by atoms with E-state index in [1.165, 1.54) is 0 Å². The summed E-state index contributed by atoms with van der Waals surface area (Å²) < 4.78 is 5.18. The van der Waals surface area contributed by atoms with E-state index in [2.05, 4.69) is 9.88 Å². The standard InChI is InChI=1S/C20H23N3O3/c1-26-18-6-4-17(5-7-18)22-11-13-23(14-12-22)20(25)9-8-19(24)16-3-2-10-21-15-16/h2-7,10,15H,8-9,11-14H2,1H3. The van der Waals surface area contributed by atoms with Gasteiger partial charge in [0.1, 0.15) is 5.75 Å². The van der Waals surface area contributed by atoms with E-state index in [9.17, 15) is 9.59 Å². The van der Waals surface area contributed by atoms with E-state index in [-0.39, 0.29) is 24.5 Å². The van der Waals surface area contributed by atoms with Gasteiger partial charge in [-0.25, -0.2) is 0 Å². The van der Waals surface area contributed by atoms with Gasteiger partial charge in [-0.1, -0.05) is 0 Å². The van der Waals surface area contributed by atoms with Crippen molar-refractivity contribution in [1.29, 1.82) is 0 Å². The number of piperazine rings is 1. The van der Waals surface area contributed by atoms with Gasteiger partial charge in [-0.05, 0) is 36.4 Å². The van der Waals surface area contributed by atoms with Crippen molar-refractivity contribution in [2.24, 2.45) is 0 Å². The molecule has 6 nitrogen and oxygen atoms in total. The lowest BCUT2D eigenvalue weighted by atomic mass is 10.1. The molecule has 1 aromatic heterocycles. The average Bonchev–Trinajstić information content (AvgIpc) is 2.72. The van der Waals surface area contributed by atoms with Crippen LogP contribution in [0.5, 0.6) is 5.75 Å². The number of ether oxygens (including phenoxy) is 1. The van der Waals surface area contributed by atoms with Crippen LogP contribution < -0.4 is 9.64 Å². The summed E-state index contributed by atoms with van der Waals surface area (Å²) in [5.74, 6) is 0.834. The highest BCUT2D eigenvalue weighted by molar-refractivity contribution is 5.97. The summed E-state index contributed by atoms with van der Waals surface area (Å²) in [5, 5.41) is 0. The van der Waals surface area contributed by atoms with Crippen LogP contribution in [0.25, 0.3) is 0 Å². The van der Waals surface area contributed by atoms with E-state index in [1.54, 1.807) is 31.6 Å². The minimum atomic E-state index is -0.0386. The van der Waals surface area contributed by atoms with Crippen molar-refractivity contribution in [2.75, 3.05) is 38.2 Å². The SMILES string of the molecule is COc1ccc(N2CCN(C(=O)CCC(=O)c3cccnc3)CC2)cc1. The van der Waals surface area contributed by atoms with Crippen LogP contribution >= 0.6 is 0 Å². The summed E-state index contributed by atoms with van der Waals surface area (Å²) in [6.45, 7) is 2.92. The van der Waals surface area contributed by atoms with E-state index >= 15 is 0 Å². The molecule has 1 saturated heterocycles. The molecule has 0 atom stereocenters. The van der Waals surface area contributed by atoms with Crippen LogP contribution in [0, 0.1) is 0 Å². The molecule has 136 valence electrons. The van der Waals surface area contributed by atoms with E-state index in [4.69, 9.17) is 4.74 Å². The first-order valence-corrected chi connectivity index (χ1v) is 8.77. The topological polar surface area (TPSA) is 62.7 Å². The first-order chi connectivity index (χ1) is 12.7. The average molecular weight is 353 g/mol. The molecule has 1 aliphatic heterocycles. The van der Waals surface area contributed by atoms with Gasteiger partial charge < -0.3 is 14.5 Å². The van der Waals surface area contributed by atoms with Crippen molar-refractivity contribution >= 4 is 17.4 Å². The molecule has 3 rings (SSSR count). The first kappa shape index (κ1) is 17.9. The number of hydrogen-bond acceptors (Lipinski definition) is 5. The summed E-state index contributed by atoms with van der Waals surface area (Å²) in [4.78, 5) is 32.5. The molecule has 26 heavy (non-hydrogen) atoms. The number of carbonyl (C=O) groups is 2. The maximum atomic E-state index is 12.4. The molecule has 2 heterocycles. The Morgan fingerprint density at radius 2 is 1.77 bits per heavy atom. The Morgan fingerprint density at radius 3 is 2.38 bits per heavy atom. The fraction of sp³-hybridized carbons (Fsp3) is 0.350. The number of benzene rings is 1. The van der Waals surface area contributed by atoms with Crippen molar-refractivity contribution in [3.05, 3.63) is 54.4 Å². The number of nitrogens with zero attached hydrogens (tertiary/aromatic N) is 3. The van der Waals surface area contributed by atoms with E-state index in [1.807, 2.05) is 29.2 Å². The molecule has 0 spiro atoms. The molecule has 1 aliphatic rings. The van der Waals surface area contributed by atoms with Gasteiger partial charge in [0.15, 0.2) is 5.78 Å². The van der Waals surface area contributed by atoms with Crippen molar-refractivity contribution in [3.63, 3.8) is 0 Å². The lowest BCUT2D eigenvalue weighted by Crippen LogP contribution is -2.48. The number of methoxy groups -OCH3 is 1. The predicted molar refractivity (Wildman–Crippen MR) is 99.6 cm³/mol. The van der Waals surface area contributed by atoms with Crippen LogP contribution in [-0.2, 0) is 4.79 Å². The normalized spacial score (nSPS) is 14.2. The molecular formula is C20H23N3O3. The Hall–Kier alpha value is -2.89. The minimum absolute atomic E-state index is 0.0385. The molecule has 0 aliphatic carbocycles. The third kappa shape index (κ3) is 4.39. The second-order valence-electron chi connectivity index (χ2n) is 6.23. The van der Waals surface area contributed by atoms with Crippen LogP contribution in [0.4, 0.5) is 5.69 Å². The Labute approximate surface area is 153 Å². The molecule has 0 unspecified atom stereocenters. The summed E-state index contributed by atoms with van der Waals surface area (Å²) in [5.41, 5.74) is 1.69. The van der Waals surface area contributed by atoms with Gasteiger partial charge in [0.25, 0.3) is 0 Å². The lowest BCUT2D eigenvalue weighted by molar-refractivity contribution is -0.131. The van der Waals surface area contributed by atoms with Crippen molar-refractivity contribution in [2.45, 2.75) is 12.8 Å². The van der Waals surface area contributed by atoms with Gasteiger partial charge in [0, 0.05) is 62.7 Å². The maximum Gasteiger partial charge on any atom is 0.223 e. The number of amides is 1. The molecule has 1 fully saturated rings. The largest absolute Gasteiger partial charge is 0.497 e. The zero-order chi connectivity index (χ0) is 18.4. The van der Waals surface area contributed by atoms with Gasteiger partial charge in [-0.15, -0.1) is 0 Å². The Morgan fingerprint density at radius 1 is 1.04 bits per heavy atom. The first-order valence-electron chi connectivity index (χ1n) is 8.77. The zero-order valence-corrected chi connectivity index (χ0v) is 14.9. The molecule has 2 aromatic rings. The van der Waals surface area contributed by atoms with E-state index < -0.39 is 0 Å². The zero-order valence-electron chi connectivity index (χ0n) is 14.9. The summed E-state index contributed by atoms with van der Waals surface area (Å²) >= 11 is 0. The van der Waals surface area contributed by atoms with E-state index in [0.29, 0.717) is 18.7 Å². The maximum absolute atomic E-state index is 12.4. The Balaban J connectivity index is 1.46. The molecule has 0 radical (unpaired) electrons. The summed E-state index contributed by atoms with van der Waals surface area (Å²) in [6.07, 6.45) is 3.64. The monoisotopic (exact) mass is 353 g/mol. The van der Waals surface area contributed by atoms with Crippen molar-refractivity contribution in [3.8, 4) is 5.75 Å². The fourth-order valence-electron chi connectivity index (χ4n) is 3.06. The minimum Gasteiger partial charge on any atom is -0.497 e. The predicted octanol–water partition coefficient (Wildman–Crippen LogP) is 2.40. The highest BCUT2D eigenvalue weighted by Gasteiger charge is 2.22. The van der Waals surface area contributed by atoms with Crippen molar-refractivity contribution < 1.29 is 14.3 Å². The Bertz CT molecular complexity index is 739. The number of pyridine rings is 1. The number of carbonyl (C=O) groups excluding carboxylic acids is 2. The smallest absolute Gasteiger partial charge is 0.223 e. The third-order valence-electron chi connectivity index (χ3n) is 4.62. The molecule has 1 aromatic carbocycles. The van der Waals surface area contributed by atoms with E-state index in [0.717, 1.165) is 24.5 Å². The highest BCUT2D eigenvalue weighted by atomic mass is 16.5. The summed E-state index contributed by atoms with van der Waals surface area (Å²) in [6, 6.07) is 11.4. The molecule has 1 amide bonds. The number of anilines is 1. The van der Waals surface area contributed by atoms with Crippen molar-refractivity contribution in [1.82, 2.24) is 9.88 Å². The van der Waals surface area contributed by atoms with Gasteiger partial charge >= 0.3 is 0 Å². The van der Waals surface area contributed by atoms with Crippen LogP contribution in [0.2, 0.25) is 0 Å². The number of aromatic nitrogens is 1. The second-order valence-corrected chi connectivity index (χ2v) is 6.23. The van der Waals surface area contributed by atoms with Crippen LogP contribution in [0.15, 0.2) is 48.8 Å². The van der Waals surface area contributed by atoms with Gasteiger partial charge in [-0.3, -0.25) is 14.6 Å². The number of rotatable bonds is 6. The van der Waals surface area contributed by atoms with Crippen LogP contribution in [-0.4, -0.2) is 54.9 Å². The van der Waals surface area contributed by atoms with Gasteiger partial charge in [0.2, 0.25) is 5.91 Å². The van der Waals surface area contributed by atoms with Gasteiger partial charge in [0.05, 0.1) is 7.11 Å². The number of Topliss-reactive ketones (excluding diaryl/α,β-unsaturated/α-hetero) is 1. The second kappa shape index (κ2) is 8.47. The molecule has 0 bridgehead atoms. The lowest BCUT2D eigenvalue weighted by Gasteiger charge is -2.36. The number of hydrogen-bond donors (Lipinski definition) is 0. The third-order valence-corrected chi connectivity index (χ3v) is 4.62. The molecular weight excluding hydrogens is 330 g/mol. The highest BCUT2D eigenvalue weighted by Crippen LogP contribution is 2.20. The number of ketones is 1. The Kier molecular flexibility index (Phi) is 5.84. The van der Waals surface area contributed by atoms with Crippen LogP contribution in [0.3, 0.4) is 0 Å². The molecule has 0 saturated carbocycles. The fourth-order valence-corrected chi connectivity index (χ4v) is 3.06. The summed E-state index contributed by atoms with van der Waals surface area (Å²) in [7, 11) is 1.65. The molecule has 0 N–H and O–H groups in total. The van der Waals surface area contributed by atoms with Gasteiger partial charge in [-0.2, -0.15) is 0 Å². The molecule has 6 heteroatoms. The van der Waals surface area contributed by atoms with Crippen LogP contribution in [0.1, 0.15) is 23.2 Å².